The summed E-state index contributed by atoms with van der Waals surface area (Å²) >= 11 is 3.12. The van der Waals surface area contributed by atoms with Gasteiger partial charge in [0.25, 0.3) is 5.91 Å². The van der Waals surface area contributed by atoms with Gasteiger partial charge in [0.15, 0.2) is 11.3 Å². The summed E-state index contributed by atoms with van der Waals surface area (Å²) in [6.07, 6.45) is 2.51. The number of imide groups is 1. The molecule has 0 fully saturated rings. The number of halogens is 1. The summed E-state index contributed by atoms with van der Waals surface area (Å²) in [4.78, 5) is 33.5. The predicted molar refractivity (Wildman–Crippen MR) is 73.6 cm³/mol. The van der Waals surface area contributed by atoms with Gasteiger partial charge in [0, 0.05) is 12.6 Å². The van der Waals surface area contributed by atoms with Crippen LogP contribution in [0.5, 0.6) is 0 Å². The van der Waals surface area contributed by atoms with Crippen LogP contribution < -0.4 is 10.6 Å². The highest BCUT2D eigenvalue weighted by molar-refractivity contribution is 9.10. The number of furan rings is 1. The number of carbonyl (C=O) groups excluding carboxylic acids is 3. The number of rotatable bonds is 5. The first-order valence-corrected chi connectivity index (χ1v) is 6.48. The summed E-state index contributed by atoms with van der Waals surface area (Å²) < 4.78 is 10.3. The molecule has 1 heterocycles. The van der Waals surface area contributed by atoms with Crippen molar-refractivity contribution in [2.75, 3.05) is 13.2 Å². The van der Waals surface area contributed by atoms with E-state index in [1.165, 1.54) is 6.08 Å². The Morgan fingerprint density at radius 2 is 2.15 bits per heavy atom. The van der Waals surface area contributed by atoms with E-state index in [0.717, 1.165) is 6.08 Å². The number of nitrogens with one attached hydrogen (secondary N) is 2. The highest BCUT2D eigenvalue weighted by Gasteiger charge is 2.08. The first-order chi connectivity index (χ1) is 9.51. The van der Waals surface area contributed by atoms with Gasteiger partial charge in [-0.3, -0.25) is 10.1 Å². The zero-order chi connectivity index (χ0) is 15.0. The monoisotopic (exact) mass is 344 g/mol. The van der Waals surface area contributed by atoms with Gasteiger partial charge in [-0.25, -0.2) is 9.59 Å². The predicted octanol–water partition coefficient (Wildman–Crippen LogP) is 1.44. The molecule has 0 saturated heterocycles. The maximum atomic E-state index is 11.3. The van der Waals surface area contributed by atoms with Crippen LogP contribution in [0, 0.1) is 0 Å². The Morgan fingerprint density at radius 1 is 1.40 bits per heavy atom. The van der Waals surface area contributed by atoms with Crippen molar-refractivity contribution >= 4 is 39.9 Å². The molecule has 108 valence electrons. The molecule has 3 amide bonds. The zero-order valence-corrected chi connectivity index (χ0v) is 12.2. The second kappa shape index (κ2) is 8.16. The summed E-state index contributed by atoms with van der Waals surface area (Å²) in [5, 5.41) is 4.37. The van der Waals surface area contributed by atoms with Crippen LogP contribution in [0.25, 0.3) is 6.08 Å². The van der Waals surface area contributed by atoms with E-state index in [0.29, 0.717) is 17.0 Å². The molecule has 0 aliphatic carbocycles. The first-order valence-electron chi connectivity index (χ1n) is 5.69. The van der Waals surface area contributed by atoms with Crippen molar-refractivity contribution in [2.45, 2.75) is 6.92 Å². The molecule has 0 unspecified atom stereocenters. The summed E-state index contributed by atoms with van der Waals surface area (Å²) in [6, 6.07) is 2.69. The lowest BCUT2D eigenvalue weighted by Crippen LogP contribution is -2.41. The summed E-state index contributed by atoms with van der Waals surface area (Å²) in [7, 11) is 0. The van der Waals surface area contributed by atoms with Crippen molar-refractivity contribution in [3.63, 3.8) is 0 Å². The van der Waals surface area contributed by atoms with E-state index in [2.05, 4.69) is 26.0 Å². The quantitative estimate of drug-likeness (QED) is 0.622. The average molecular weight is 345 g/mol. The molecule has 0 aliphatic rings. The van der Waals surface area contributed by atoms with Crippen molar-refractivity contribution in [3.05, 3.63) is 28.6 Å². The van der Waals surface area contributed by atoms with Gasteiger partial charge in [0.05, 0.1) is 0 Å². The molecule has 20 heavy (non-hydrogen) atoms. The molecule has 1 aromatic heterocycles. The number of carbonyl (C=O) groups is 3. The highest BCUT2D eigenvalue weighted by Crippen LogP contribution is 2.14. The third-order valence-corrected chi connectivity index (χ3v) is 2.34. The lowest BCUT2D eigenvalue weighted by molar-refractivity contribution is -0.143. The molecule has 1 rings (SSSR count). The van der Waals surface area contributed by atoms with Crippen LogP contribution in [0.15, 0.2) is 27.3 Å². The smallest absolute Gasteiger partial charge is 0.331 e. The number of amides is 3. The molecule has 7 nitrogen and oxygen atoms in total. The molecule has 0 saturated carbocycles. The lowest BCUT2D eigenvalue weighted by atomic mass is 10.4. The van der Waals surface area contributed by atoms with E-state index in [1.54, 1.807) is 19.1 Å². The highest BCUT2D eigenvalue weighted by atomic mass is 79.9. The van der Waals surface area contributed by atoms with Gasteiger partial charge in [0.2, 0.25) is 0 Å². The fourth-order valence-electron chi connectivity index (χ4n) is 1.12. The van der Waals surface area contributed by atoms with Crippen LogP contribution >= 0.6 is 15.9 Å². The molecule has 0 aliphatic heterocycles. The van der Waals surface area contributed by atoms with Gasteiger partial charge in [-0.1, -0.05) is 0 Å². The van der Waals surface area contributed by atoms with Crippen molar-refractivity contribution in [3.8, 4) is 0 Å². The van der Waals surface area contributed by atoms with Crippen LogP contribution in [0.2, 0.25) is 0 Å². The molecular weight excluding hydrogens is 332 g/mol. The largest absolute Gasteiger partial charge is 0.452 e. The fraction of sp³-hybridized carbons (Fsp3) is 0.250. The van der Waals surface area contributed by atoms with E-state index in [-0.39, 0.29) is 0 Å². The minimum atomic E-state index is -0.719. The van der Waals surface area contributed by atoms with Crippen LogP contribution in [-0.4, -0.2) is 31.1 Å². The number of urea groups is 1. The Bertz CT molecular complexity index is 524. The van der Waals surface area contributed by atoms with Crippen molar-refractivity contribution < 1.29 is 23.5 Å². The third-order valence-electron chi connectivity index (χ3n) is 1.91. The minimum absolute atomic E-state index is 0.389. The zero-order valence-electron chi connectivity index (χ0n) is 10.6. The molecule has 0 aromatic carbocycles. The van der Waals surface area contributed by atoms with Crippen LogP contribution in [0.1, 0.15) is 12.7 Å². The summed E-state index contributed by atoms with van der Waals surface area (Å²) in [5.41, 5.74) is 0. The summed E-state index contributed by atoms with van der Waals surface area (Å²) in [6.45, 7) is 1.56. The number of esters is 1. The second-order valence-corrected chi connectivity index (χ2v) is 4.27. The Kier molecular flexibility index (Phi) is 6.51. The standard InChI is InChI=1S/C12H13BrN2O5/c1-2-14-12(18)15-10(16)7-19-11(17)6-4-8-3-5-9(13)20-8/h3-6H,2,7H2,1H3,(H2,14,15,16,18). The number of hydrogen-bond acceptors (Lipinski definition) is 5. The molecule has 0 radical (unpaired) electrons. The molecular formula is C12H13BrN2O5. The Balaban J connectivity index is 2.31. The topological polar surface area (TPSA) is 97.6 Å². The Hall–Kier alpha value is -2.09. The summed E-state index contributed by atoms with van der Waals surface area (Å²) in [5.74, 6) is -0.970. The Labute approximate surface area is 123 Å². The normalized spacial score (nSPS) is 10.3. The maximum absolute atomic E-state index is 11.3. The maximum Gasteiger partial charge on any atom is 0.331 e. The van der Waals surface area contributed by atoms with Crippen molar-refractivity contribution in [1.82, 2.24) is 10.6 Å². The van der Waals surface area contributed by atoms with Gasteiger partial charge in [-0.05, 0) is 41.1 Å². The third kappa shape index (κ3) is 6.19. The van der Waals surface area contributed by atoms with Gasteiger partial charge in [-0.15, -0.1) is 0 Å². The van der Waals surface area contributed by atoms with E-state index >= 15 is 0 Å². The first kappa shape index (κ1) is 16.0. The van der Waals surface area contributed by atoms with E-state index in [9.17, 15) is 14.4 Å². The van der Waals surface area contributed by atoms with E-state index in [4.69, 9.17) is 4.42 Å². The second-order valence-electron chi connectivity index (χ2n) is 3.49. The van der Waals surface area contributed by atoms with Crippen LogP contribution in [0.4, 0.5) is 4.79 Å². The van der Waals surface area contributed by atoms with E-state index < -0.39 is 24.5 Å². The average Bonchev–Trinajstić information content (AvgIpc) is 2.80. The number of hydrogen-bond donors (Lipinski definition) is 2. The van der Waals surface area contributed by atoms with Gasteiger partial charge in [0.1, 0.15) is 5.76 Å². The lowest BCUT2D eigenvalue weighted by Gasteiger charge is -2.04. The molecule has 8 heteroatoms. The molecule has 2 N–H and O–H groups in total. The molecule has 0 spiro atoms. The van der Waals surface area contributed by atoms with Gasteiger partial charge < -0.3 is 14.5 Å². The fourth-order valence-corrected chi connectivity index (χ4v) is 1.44. The van der Waals surface area contributed by atoms with Crippen molar-refractivity contribution in [2.24, 2.45) is 0 Å². The van der Waals surface area contributed by atoms with Gasteiger partial charge in [-0.2, -0.15) is 0 Å². The van der Waals surface area contributed by atoms with Crippen molar-refractivity contribution in [1.29, 1.82) is 0 Å². The SMILES string of the molecule is CCNC(=O)NC(=O)COC(=O)C=Cc1ccc(Br)o1. The van der Waals surface area contributed by atoms with Crippen LogP contribution in [-0.2, 0) is 14.3 Å². The molecule has 0 atom stereocenters. The Morgan fingerprint density at radius 3 is 2.75 bits per heavy atom. The van der Waals surface area contributed by atoms with Crippen LogP contribution in [0.3, 0.4) is 0 Å². The van der Waals surface area contributed by atoms with Gasteiger partial charge >= 0.3 is 12.0 Å². The minimum Gasteiger partial charge on any atom is -0.452 e. The number of ether oxygens (including phenoxy) is 1. The molecule has 1 aromatic rings. The molecule has 0 bridgehead atoms. The van der Waals surface area contributed by atoms with E-state index in [1.807, 2.05) is 5.32 Å².